The molecule has 0 bridgehead atoms. The highest BCUT2D eigenvalue weighted by atomic mass is 19.1. The number of pyridine rings is 1. The molecule has 3 aromatic heterocycles. The van der Waals surface area contributed by atoms with Crippen molar-refractivity contribution in [2.45, 2.75) is 13.8 Å². The highest BCUT2D eigenvalue weighted by Crippen LogP contribution is 2.23. The van der Waals surface area contributed by atoms with Crippen LogP contribution in [0.15, 0.2) is 85.2 Å². The monoisotopic (exact) mass is 424 g/mol. The SMILES string of the molecule is Cc1ccc(NC(=O)c2ccn(-c3ccc4ccc(-c5ccc(F)cc5)cn34)n2)cc1C. The average molecular weight is 424 g/mol. The predicted octanol–water partition coefficient (Wildman–Crippen LogP) is 5.80. The van der Waals surface area contributed by atoms with E-state index in [9.17, 15) is 9.18 Å². The number of rotatable bonds is 4. The first-order valence-electron chi connectivity index (χ1n) is 10.3. The van der Waals surface area contributed by atoms with Gasteiger partial charge in [-0.25, -0.2) is 9.07 Å². The number of anilines is 1. The van der Waals surface area contributed by atoms with E-state index in [-0.39, 0.29) is 11.7 Å². The lowest BCUT2D eigenvalue weighted by molar-refractivity contribution is 0.102. The lowest BCUT2D eigenvalue weighted by Gasteiger charge is -2.07. The summed E-state index contributed by atoms with van der Waals surface area (Å²) in [4.78, 5) is 12.7. The summed E-state index contributed by atoms with van der Waals surface area (Å²) in [5.41, 5.74) is 6.22. The van der Waals surface area contributed by atoms with E-state index in [4.69, 9.17) is 0 Å². The Hall–Kier alpha value is -4.19. The van der Waals surface area contributed by atoms with Gasteiger partial charge in [-0.2, -0.15) is 5.10 Å². The quantitative estimate of drug-likeness (QED) is 0.396. The summed E-state index contributed by atoms with van der Waals surface area (Å²) in [5.74, 6) is 0.272. The van der Waals surface area contributed by atoms with Crippen LogP contribution in [0, 0.1) is 19.7 Å². The summed E-state index contributed by atoms with van der Waals surface area (Å²) in [6, 6.07) is 21.8. The molecular formula is C26H21FN4O. The van der Waals surface area contributed by atoms with Gasteiger partial charge in [0.25, 0.3) is 5.91 Å². The van der Waals surface area contributed by atoms with Crippen molar-refractivity contribution in [1.29, 1.82) is 0 Å². The molecule has 32 heavy (non-hydrogen) atoms. The maximum atomic E-state index is 13.3. The molecule has 5 rings (SSSR count). The van der Waals surface area contributed by atoms with Crippen LogP contribution in [0.4, 0.5) is 10.1 Å². The zero-order chi connectivity index (χ0) is 22.2. The van der Waals surface area contributed by atoms with Gasteiger partial charge < -0.3 is 9.72 Å². The molecule has 0 saturated heterocycles. The molecule has 0 aliphatic heterocycles. The van der Waals surface area contributed by atoms with Crippen LogP contribution in [0.1, 0.15) is 21.6 Å². The lowest BCUT2D eigenvalue weighted by Crippen LogP contribution is -2.13. The van der Waals surface area contributed by atoms with Crippen molar-refractivity contribution in [3.8, 4) is 16.9 Å². The highest BCUT2D eigenvalue weighted by Gasteiger charge is 2.13. The molecule has 158 valence electrons. The second-order valence-corrected chi connectivity index (χ2v) is 7.81. The molecule has 0 fully saturated rings. The minimum atomic E-state index is -0.264. The largest absolute Gasteiger partial charge is 0.321 e. The van der Waals surface area contributed by atoms with Gasteiger partial charge in [0.15, 0.2) is 5.69 Å². The van der Waals surface area contributed by atoms with Gasteiger partial charge in [0.05, 0.1) is 0 Å². The van der Waals surface area contributed by atoms with E-state index in [1.807, 2.05) is 66.9 Å². The molecule has 5 aromatic rings. The minimum absolute atomic E-state index is 0.264. The third-order valence-electron chi connectivity index (χ3n) is 5.63. The molecule has 5 nitrogen and oxygen atoms in total. The fraction of sp³-hybridized carbons (Fsp3) is 0.0769. The maximum Gasteiger partial charge on any atom is 0.276 e. The predicted molar refractivity (Wildman–Crippen MR) is 124 cm³/mol. The zero-order valence-electron chi connectivity index (χ0n) is 17.7. The maximum absolute atomic E-state index is 13.3. The Kier molecular flexibility index (Phi) is 4.82. The molecule has 3 heterocycles. The first-order valence-corrected chi connectivity index (χ1v) is 10.3. The summed E-state index contributed by atoms with van der Waals surface area (Å²) < 4.78 is 17.0. The summed E-state index contributed by atoms with van der Waals surface area (Å²) >= 11 is 0. The van der Waals surface area contributed by atoms with Crippen LogP contribution in [0.5, 0.6) is 0 Å². The van der Waals surface area contributed by atoms with Crippen LogP contribution in [0.3, 0.4) is 0 Å². The molecule has 6 heteroatoms. The third-order valence-corrected chi connectivity index (χ3v) is 5.63. The van der Waals surface area contributed by atoms with Gasteiger partial charge in [-0.1, -0.05) is 24.3 Å². The number of aryl methyl sites for hydroxylation is 2. The van der Waals surface area contributed by atoms with Crippen molar-refractivity contribution < 1.29 is 9.18 Å². The molecule has 0 saturated carbocycles. The number of hydrogen-bond acceptors (Lipinski definition) is 2. The van der Waals surface area contributed by atoms with Crippen LogP contribution in [0.2, 0.25) is 0 Å². The molecule has 0 aliphatic carbocycles. The topological polar surface area (TPSA) is 51.3 Å². The zero-order valence-corrected chi connectivity index (χ0v) is 17.7. The van der Waals surface area contributed by atoms with E-state index in [0.717, 1.165) is 33.7 Å². The average Bonchev–Trinajstić information content (AvgIpc) is 3.43. The van der Waals surface area contributed by atoms with E-state index < -0.39 is 0 Å². The van der Waals surface area contributed by atoms with Crippen molar-refractivity contribution in [2.24, 2.45) is 0 Å². The smallest absolute Gasteiger partial charge is 0.276 e. The third kappa shape index (κ3) is 3.67. The number of aromatic nitrogens is 3. The highest BCUT2D eigenvalue weighted by molar-refractivity contribution is 6.02. The Balaban J connectivity index is 1.44. The van der Waals surface area contributed by atoms with Crippen molar-refractivity contribution in [2.75, 3.05) is 5.32 Å². The number of nitrogens with zero attached hydrogens (tertiary/aromatic N) is 3. The molecule has 0 aliphatic rings. The molecular weight excluding hydrogens is 403 g/mol. The number of halogens is 1. The van der Waals surface area contributed by atoms with Gasteiger partial charge in [0.1, 0.15) is 11.6 Å². The minimum Gasteiger partial charge on any atom is -0.321 e. The van der Waals surface area contributed by atoms with Crippen molar-refractivity contribution in [3.63, 3.8) is 0 Å². The summed E-state index contributed by atoms with van der Waals surface area (Å²) in [6.45, 7) is 4.05. The van der Waals surface area contributed by atoms with Crippen molar-refractivity contribution >= 4 is 17.1 Å². The first-order chi connectivity index (χ1) is 15.5. The fourth-order valence-electron chi connectivity index (χ4n) is 3.67. The lowest BCUT2D eigenvalue weighted by atomic mass is 10.1. The summed E-state index contributed by atoms with van der Waals surface area (Å²) in [7, 11) is 0. The van der Waals surface area contributed by atoms with E-state index >= 15 is 0 Å². The van der Waals surface area contributed by atoms with Crippen LogP contribution < -0.4 is 5.32 Å². The number of carbonyl (C=O) groups is 1. The molecule has 0 radical (unpaired) electrons. The molecule has 0 spiro atoms. The normalized spacial score (nSPS) is 11.1. The fourth-order valence-corrected chi connectivity index (χ4v) is 3.67. The van der Waals surface area contributed by atoms with E-state index in [1.165, 1.54) is 17.7 Å². The molecule has 0 atom stereocenters. The number of amides is 1. The van der Waals surface area contributed by atoms with Gasteiger partial charge >= 0.3 is 0 Å². The Bertz CT molecular complexity index is 1450. The van der Waals surface area contributed by atoms with Gasteiger partial charge in [-0.15, -0.1) is 0 Å². The molecule has 0 unspecified atom stereocenters. The van der Waals surface area contributed by atoms with E-state index in [1.54, 1.807) is 29.1 Å². The van der Waals surface area contributed by atoms with Crippen molar-refractivity contribution in [3.05, 3.63) is 108 Å². The summed E-state index contributed by atoms with van der Waals surface area (Å²) in [5, 5.41) is 7.39. The van der Waals surface area contributed by atoms with Gasteiger partial charge in [-0.05, 0) is 84.6 Å². The second kappa shape index (κ2) is 7.81. The van der Waals surface area contributed by atoms with Gasteiger partial charge in [0, 0.05) is 23.6 Å². The van der Waals surface area contributed by atoms with E-state index in [2.05, 4.69) is 10.4 Å². The Labute approximate surface area is 184 Å². The number of carbonyl (C=O) groups excluding carboxylic acids is 1. The molecule has 2 aromatic carbocycles. The molecule has 1 N–H and O–H groups in total. The van der Waals surface area contributed by atoms with Crippen molar-refractivity contribution in [1.82, 2.24) is 14.2 Å². The number of fused-ring (bicyclic) bond motifs is 1. The first kappa shape index (κ1) is 19.8. The Morgan fingerprint density at radius 2 is 1.62 bits per heavy atom. The van der Waals surface area contributed by atoms with Crippen LogP contribution in [0.25, 0.3) is 22.5 Å². The second-order valence-electron chi connectivity index (χ2n) is 7.81. The van der Waals surface area contributed by atoms with Crippen LogP contribution in [-0.2, 0) is 0 Å². The standard InChI is InChI=1S/C26H21FN4O/c1-17-3-9-22(15-18(17)2)28-26(32)24-13-14-31(29-24)25-12-11-23-10-6-20(16-30(23)25)19-4-7-21(27)8-5-19/h3-16H,1-2H3,(H,28,32). The number of nitrogens with one attached hydrogen (secondary N) is 1. The van der Waals surface area contributed by atoms with Crippen LogP contribution in [-0.4, -0.2) is 20.1 Å². The van der Waals surface area contributed by atoms with E-state index in [0.29, 0.717) is 5.69 Å². The Morgan fingerprint density at radius 3 is 2.41 bits per heavy atom. The Morgan fingerprint density at radius 1 is 0.875 bits per heavy atom. The number of hydrogen-bond donors (Lipinski definition) is 1. The van der Waals surface area contributed by atoms with Gasteiger partial charge in [0.2, 0.25) is 0 Å². The van der Waals surface area contributed by atoms with Crippen LogP contribution >= 0.6 is 0 Å². The molecule has 1 amide bonds. The number of benzene rings is 2. The van der Waals surface area contributed by atoms with Gasteiger partial charge in [-0.3, -0.25) is 4.79 Å². The summed E-state index contributed by atoms with van der Waals surface area (Å²) in [6.07, 6.45) is 3.75.